The Labute approximate surface area is 155 Å². The molecule has 0 spiro atoms. The summed E-state index contributed by atoms with van der Waals surface area (Å²) in [7, 11) is 1.27. The van der Waals surface area contributed by atoms with E-state index in [-0.39, 0.29) is 11.4 Å². The number of ketones is 1. The largest absolute Gasteiger partial charge is 0.465 e. The molecule has 3 aromatic rings. The van der Waals surface area contributed by atoms with Gasteiger partial charge in [-0.05, 0) is 31.5 Å². The van der Waals surface area contributed by atoms with Gasteiger partial charge in [-0.25, -0.2) is 14.6 Å². The van der Waals surface area contributed by atoms with Gasteiger partial charge in [-0.3, -0.25) is 4.79 Å². The highest BCUT2D eigenvalue weighted by Crippen LogP contribution is 2.19. The fourth-order valence-electron chi connectivity index (χ4n) is 2.89. The van der Waals surface area contributed by atoms with Gasteiger partial charge in [0, 0.05) is 11.1 Å². The van der Waals surface area contributed by atoms with E-state index in [0.717, 1.165) is 5.39 Å². The van der Waals surface area contributed by atoms with Crippen LogP contribution in [0.1, 0.15) is 42.6 Å². The van der Waals surface area contributed by atoms with Crippen molar-refractivity contribution in [2.75, 3.05) is 13.7 Å². The van der Waals surface area contributed by atoms with Crippen LogP contribution in [0.2, 0.25) is 0 Å². The number of rotatable bonds is 5. The number of H-pyrrole nitrogens is 1. The fraction of sp³-hybridized carbons (Fsp3) is 0.200. The quantitative estimate of drug-likeness (QED) is 0.550. The third-order valence-corrected chi connectivity index (χ3v) is 4.25. The molecule has 0 unspecified atom stereocenters. The predicted molar refractivity (Wildman–Crippen MR) is 98.0 cm³/mol. The number of nitrogens with one attached hydrogen (secondary N) is 1. The number of Topliss-reactive ketones (excluding diaryl/α,β-unsaturated/α-hetero) is 1. The Morgan fingerprint density at radius 1 is 1.04 bits per heavy atom. The van der Waals surface area contributed by atoms with Crippen molar-refractivity contribution in [3.8, 4) is 0 Å². The molecule has 0 radical (unpaired) electrons. The molecule has 138 valence electrons. The van der Waals surface area contributed by atoms with E-state index < -0.39 is 24.3 Å². The van der Waals surface area contributed by atoms with Crippen molar-refractivity contribution in [2.24, 2.45) is 0 Å². The molecule has 0 aliphatic carbocycles. The highest BCUT2D eigenvalue weighted by molar-refractivity contribution is 6.03. The first-order valence-electron chi connectivity index (χ1n) is 8.26. The standard InChI is InChI=1S/C20H18N2O5/c1-11-17(20(25)26-3)12(2)21-18(11)16(23)10-27-19(24)15-9-8-13-6-4-5-7-14(13)22-15/h4-9,21H,10H2,1-3H3. The summed E-state index contributed by atoms with van der Waals surface area (Å²) in [5, 5.41) is 0.901. The van der Waals surface area contributed by atoms with Crippen molar-refractivity contribution >= 4 is 28.6 Å². The molecule has 7 nitrogen and oxygen atoms in total. The van der Waals surface area contributed by atoms with E-state index in [1.54, 1.807) is 32.0 Å². The first-order chi connectivity index (χ1) is 12.9. The second kappa shape index (κ2) is 7.41. The second-order valence-electron chi connectivity index (χ2n) is 6.01. The smallest absolute Gasteiger partial charge is 0.357 e. The third kappa shape index (κ3) is 3.57. The van der Waals surface area contributed by atoms with Crippen LogP contribution in [0.4, 0.5) is 0 Å². The number of hydrogen-bond donors (Lipinski definition) is 1. The average Bonchev–Trinajstić information content (AvgIpc) is 2.99. The SMILES string of the molecule is COC(=O)c1c(C)[nH]c(C(=O)COC(=O)c2ccc3ccccc3n2)c1C. The topological polar surface area (TPSA) is 98.4 Å². The zero-order valence-corrected chi connectivity index (χ0v) is 15.2. The van der Waals surface area contributed by atoms with Gasteiger partial charge in [-0.2, -0.15) is 0 Å². The predicted octanol–water partition coefficient (Wildman–Crippen LogP) is 3.01. The molecule has 7 heteroatoms. The van der Waals surface area contributed by atoms with E-state index in [0.29, 0.717) is 22.3 Å². The minimum Gasteiger partial charge on any atom is -0.465 e. The lowest BCUT2D eigenvalue weighted by Gasteiger charge is -2.05. The Balaban J connectivity index is 1.73. The van der Waals surface area contributed by atoms with Gasteiger partial charge in [0.25, 0.3) is 0 Å². The minimum atomic E-state index is -0.691. The Morgan fingerprint density at radius 3 is 2.52 bits per heavy atom. The number of ether oxygens (including phenoxy) is 2. The summed E-state index contributed by atoms with van der Waals surface area (Å²) in [4.78, 5) is 43.5. The maximum absolute atomic E-state index is 12.4. The lowest BCUT2D eigenvalue weighted by molar-refractivity contribution is 0.0467. The molecule has 0 atom stereocenters. The molecule has 2 heterocycles. The van der Waals surface area contributed by atoms with Gasteiger partial charge in [-0.15, -0.1) is 0 Å². The van der Waals surface area contributed by atoms with E-state index in [1.807, 2.05) is 18.2 Å². The van der Waals surface area contributed by atoms with Crippen molar-refractivity contribution in [2.45, 2.75) is 13.8 Å². The molecule has 27 heavy (non-hydrogen) atoms. The van der Waals surface area contributed by atoms with Gasteiger partial charge in [0.05, 0.1) is 23.9 Å². The average molecular weight is 366 g/mol. The summed E-state index contributed by atoms with van der Waals surface area (Å²) in [6, 6.07) is 10.7. The molecule has 0 fully saturated rings. The van der Waals surface area contributed by atoms with Gasteiger partial charge in [0.15, 0.2) is 6.61 Å². The monoisotopic (exact) mass is 366 g/mol. The van der Waals surface area contributed by atoms with Crippen molar-refractivity contribution in [1.29, 1.82) is 0 Å². The van der Waals surface area contributed by atoms with Crippen LogP contribution < -0.4 is 0 Å². The number of aryl methyl sites for hydroxylation is 1. The first-order valence-corrected chi connectivity index (χ1v) is 8.26. The Hall–Kier alpha value is -3.48. The Bertz CT molecular complexity index is 1050. The highest BCUT2D eigenvalue weighted by atomic mass is 16.5. The molecule has 1 N–H and O–H groups in total. The number of carbonyl (C=O) groups is 3. The maximum Gasteiger partial charge on any atom is 0.357 e. The molecule has 3 rings (SSSR count). The summed E-state index contributed by atoms with van der Waals surface area (Å²) < 4.78 is 9.82. The third-order valence-electron chi connectivity index (χ3n) is 4.25. The van der Waals surface area contributed by atoms with Crippen molar-refractivity contribution < 1.29 is 23.9 Å². The molecule has 0 aliphatic heterocycles. The molecule has 0 amide bonds. The minimum absolute atomic E-state index is 0.121. The van der Waals surface area contributed by atoms with Crippen LogP contribution in [0.15, 0.2) is 36.4 Å². The second-order valence-corrected chi connectivity index (χ2v) is 6.01. The highest BCUT2D eigenvalue weighted by Gasteiger charge is 2.23. The van der Waals surface area contributed by atoms with Crippen molar-refractivity contribution in [3.05, 3.63) is 64.6 Å². The number of nitrogens with zero attached hydrogens (tertiary/aromatic N) is 1. The number of pyridine rings is 1. The molecular weight excluding hydrogens is 348 g/mol. The van der Waals surface area contributed by atoms with Crippen LogP contribution >= 0.6 is 0 Å². The van der Waals surface area contributed by atoms with Crippen LogP contribution in [0.5, 0.6) is 0 Å². The number of aromatic nitrogens is 2. The van der Waals surface area contributed by atoms with Crippen molar-refractivity contribution in [1.82, 2.24) is 9.97 Å². The first kappa shape index (κ1) is 18.3. The normalized spacial score (nSPS) is 10.6. The summed E-state index contributed by atoms with van der Waals surface area (Å²) in [6.45, 7) is 2.84. The lowest BCUT2D eigenvalue weighted by atomic mass is 10.1. The van der Waals surface area contributed by atoms with Crippen LogP contribution in [0.3, 0.4) is 0 Å². The molecule has 0 bridgehead atoms. The zero-order chi connectivity index (χ0) is 19.6. The summed E-state index contributed by atoms with van der Waals surface area (Å²) in [6.07, 6.45) is 0. The Morgan fingerprint density at radius 2 is 1.78 bits per heavy atom. The number of para-hydroxylation sites is 1. The summed E-state index contributed by atoms with van der Waals surface area (Å²) in [5.41, 5.74) is 2.29. The van der Waals surface area contributed by atoms with Crippen molar-refractivity contribution in [3.63, 3.8) is 0 Å². The molecular formula is C20H18N2O5. The zero-order valence-electron chi connectivity index (χ0n) is 15.2. The van der Waals surface area contributed by atoms with Crippen LogP contribution in [-0.2, 0) is 9.47 Å². The summed E-state index contributed by atoms with van der Waals surface area (Å²) in [5.74, 6) is -1.67. The molecule has 0 aliphatic rings. The Kier molecular flexibility index (Phi) is 5.03. The number of benzene rings is 1. The molecule has 0 saturated carbocycles. The van der Waals surface area contributed by atoms with Gasteiger partial charge in [-0.1, -0.05) is 24.3 Å². The van der Waals surface area contributed by atoms with E-state index in [9.17, 15) is 14.4 Å². The van der Waals surface area contributed by atoms with Gasteiger partial charge in [0.1, 0.15) is 5.69 Å². The number of carbonyl (C=O) groups excluding carboxylic acids is 3. The van der Waals surface area contributed by atoms with Crippen LogP contribution in [-0.4, -0.2) is 41.4 Å². The van der Waals surface area contributed by atoms with Crippen LogP contribution in [0.25, 0.3) is 10.9 Å². The van der Waals surface area contributed by atoms with Gasteiger partial charge < -0.3 is 14.5 Å². The number of esters is 2. The number of fused-ring (bicyclic) bond motifs is 1. The number of aromatic amines is 1. The maximum atomic E-state index is 12.4. The summed E-state index contributed by atoms with van der Waals surface area (Å²) >= 11 is 0. The van der Waals surface area contributed by atoms with Crippen LogP contribution in [0, 0.1) is 13.8 Å². The van der Waals surface area contributed by atoms with E-state index in [1.165, 1.54) is 7.11 Å². The lowest BCUT2D eigenvalue weighted by Crippen LogP contribution is -2.16. The number of hydrogen-bond acceptors (Lipinski definition) is 6. The molecule has 2 aromatic heterocycles. The van der Waals surface area contributed by atoms with Gasteiger partial charge in [0.2, 0.25) is 5.78 Å². The number of methoxy groups -OCH3 is 1. The van der Waals surface area contributed by atoms with E-state index in [4.69, 9.17) is 9.47 Å². The van der Waals surface area contributed by atoms with Gasteiger partial charge >= 0.3 is 11.9 Å². The van der Waals surface area contributed by atoms with E-state index >= 15 is 0 Å². The molecule has 0 saturated heterocycles. The molecule has 1 aromatic carbocycles. The fourth-order valence-corrected chi connectivity index (χ4v) is 2.89. The van der Waals surface area contributed by atoms with E-state index in [2.05, 4.69) is 9.97 Å².